The van der Waals surface area contributed by atoms with Crippen LogP contribution in [0.2, 0.25) is 19.6 Å². The van der Waals surface area contributed by atoms with E-state index in [2.05, 4.69) is 31.1 Å². The van der Waals surface area contributed by atoms with Crippen molar-refractivity contribution in [2.45, 2.75) is 38.4 Å². The maximum absolute atomic E-state index is 11.3. The lowest BCUT2D eigenvalue weighted by atomic mass is 9.74. The highest BCUT2D eigenvalue weighted by Crippen LogP contribution is 2.36. The molecule has 0 radical (unpaired) electrons. The molecule has 1 aliphatic rings. The summed E-state index contributed by atoms with van der Waals surface area (Å²) in [4.78, 5) is -0.0588. The minimum atomic E-state index is -4.18. The summed E-state index contributed by atoms with van der Waals surface area (Å²) in [6, 6.07) is 8.01. The van der Waals surface area contributed by atoms with Crippen molar-refractivity contribution in [2.24, 2.45) is 0 Å². The maximum atomic E-state index is 11.3. The first-order chi connectivity index (χ1) is 10.5. The molecule has 0 amide bonds. The number of hydrogen-bond donors (Lipinski definition) is 1. The van der Waals surface area contributed by atoms with E-state index in [1.807, 2.05) is 37.3 Å². The van der Waals surface area contributed by atoms with Gasteiger partial charge < -0.3 is 0 Å². The molecule has 1 unspecified atom stereocenters. The first-order valence-corrected chi connectivity index (χ1v) is 12.4. The summed E-state index contributed by atoms with van der Waals surface area (Å²) in [7, 11) is -5.75. The second-order valence-corrected chi connectivity index (χ2v) is 13.1. The predicted octanol–water partition coefficient (Wildman–Crippen LogP) is 3.85. The van der Waals surface area contributed by atoms with E-state index in [9.17, 15) is 13.0 Å². The highest BCUT2D eigenvalue weighted by atomic mass is 32.2. The maximum Gasteiger partial charge on any atom is 0.294 e. The Morgan fingerprint density at radius 1 is 1.22 bits per heavy atom. The minimum Gasteiger partial charge on any atom is -0.282 e. The SMILES string of the molecule is Cc1ccccc1C1(C#C[Si](C)(C)C)C=CC(S(=O)(=O)O)=CC1. The van der Waals surface area contributed by atoms with Crippen LogP contribution in [0.25, 0.3) is 0 Å². The Labute approximate surface area is 139 Å². The number of rotatable bonds is 2. The van der Waals surface area contributed by atoms with E-state index < -0.39 is 23.6 Å². The van der Waals surface area contributed by atoms with Gasteiger partial charge in [0.15, 0.2) is 0 Å². The fourth-order valence-electron chi connectivity index (χ4n) is 2.55. The first kappa shape index (κ1) is 17.7. The van der Waals surface area contributed by atoms with Crippen molar-refractivity contribution < 1.29 is 13.0 Å². The van der Waals surface area contributed by atoms with Crippen molar-refractivity contribution in [2.75, 3.05) is 0 Å². The molecule has 0 aliphatic heterocycles. The number of aryl methyl sites for hydroxylation is 1. The molecule has 0 saturated heterocycles. The lowest BCUT2D eigenvalue weighted by Gasteiger charge is -2.29. The van der Waals surface area contributed by atoms with E-state index in [-0.39, 0.29) is 4.91 Å². The zero-order chi connectivity index (χ0) is 17.3. The smallest absolute Gasteiger partial charge is 0.282 e. The molecule has 2 rings (SSSR count). The molecular formula is C18H22O3SSi. The molecule has 122 valence electrons. The van der Waals surface area contributed by atoms with Crippen LogP contribution in [0.15, 0.2) is 47.4 Å². The Bertz CT molecular complexity index is 833. The molecule has 1 aromatic rings. The Morgan fingerprint density at radius 3 is 2.35 bits per heavy atom. The summed E-state index contributed by atoms with van der Waals surface area (Å²) in [5.41, 5.74) is 5.06. The molecule has 0 bridgehead atoms. The summed E-state index contributed by atoms with van der Waals surface area (Å²) < 4.78 is 31.9. The summed E-state index contributed by atoms with van der Waals surface area (Å²) >= 11 is 0. The topological polar surface area (TPSA) is 54.4 Å². The average molecular weight is 347 g/mol. The van der Waals surface area contributed by atoms with Gasteiger partial charge in [-0.15, -0.1) is 5.54 Å². The van der Waals surface area contributed by atoms with E-state index in [1.165, 1.54) is 6.08 Å². The van der Waals surface area contributed by atoms with Crippen LogP contribution >= 0.6 is 0 Å². The average Bonchev–Trinajstić information content (AvgIpc) is 2.44. The van der Waals surface area contributed by atoms with Gasteiger partial charge >= 0.3 is 0 Å². The van der Waals surface area contributed by atoms with Gasteiger partial charge in [0.1, 0.15) is 8.07 Å². The van der Waals surface area contributed by atoms with Crippen molar-refractivity contribution in [1.29, 1.82) is 0 Å². The monoisotopic (exact) mass is 346 g/mol. The molecule has 0 heterocycles. The predicted molar refractivity (Wildman–Crippen MR) is 97.4 cm³/mol. The van der Waals surface area contributed by atoms with Gasteiger partial charge in [0.05, 0.1) is 10.3 Å². The quantitative estimate of drug-likeness (QED) is 0.503. The van der Waals surface area contributed by atoms with Crippen LogP contribution in [0.4, 0.5) is 0 Å². The third-order valence-electron chi connectivity index (χ3n) is 3.74. The normalized spacial score (nSPS) is 21.3. The van der Waals surface area contributed by atoms with Crippen LogP contribution in [0.3, 0.4) is 0 Å². The second-order valence-electron chi connectivity index (χ2n) is 6.91. The third-order valence-corrected chi connectivity index (χ3v) is 5.51. The van der Waals surface area contributed by atoms with E-state index in [0.717, 1.165) is 11.1 Å². The molecule has 0 fully saturated rings. The number of hydrogen-bond acceptors (Lipinski definition) is 2. The van der Waals surface area contributed by atoms with E-state index >= 15 is 0 Å². The van der Waals surface area contributed by atoms with Crippen molar-refractivity contribution in [1.82, 2.24) is 0 Å². The van der Waals surface area contributed by atoms with Crippen LogP contribution in [0.5, 0.6) is 0 Å². The molecule has 3 nitrogen and oxygen atoms in total. The number of benzene rings is 1. The molecular weight excluding hydrogens is 324 g/mol. The van der Waals surface area contributed by atoms with Crippen molar-refractivity contribution >= 4 is 18.2 Å². The Balaban J connectivity index is 2.57. The van der Waals surface area contributed by atoms with E-state index in [4.69, 9.17) is 0 Å². The summed E-state index contributed by atoms with van der Waals surface area (Å²) in [5, 5.41) is 0. The van der Waals surface area contributed by atoms with Crippen LogP contribution in [0.1, 0.15) is 17.5 Å². The fourth-order valence-corrected chi connectivity index (χ4v) is 3.68. The highest BCUT2D eigenvalue weighted by Gasteiger charge is 2.32. The molecule has 0 aromatic heterocycles. The van der Waals surface area contributed by atoms with Crippen molar-refractivity contribution in [3.05, 3.63) is 58.5 Å². The first-order valence-electron chi connectivity index (χ1n) is 7.51. The van der Waals surface area contributed by atoms with Crippen LogP contribution in [-0.2, 0) is 15.5 Å². The molecule has 1 aliphatic carbocycles. The summed E-state index contributed by atoms with van der Waals surface area (Å²) in [6.07, 6.45) is 5.26. The van der Waals surface area contributed by atoms with Crippen molar-refractivity contribution in [3.63, 3.8) is 0 Å². The molecule has 23 heavy (non-hydrogen) atoms. The van der Waals surface area contributed by atoms with Crippen LogP contribution in [-0.4, -0.2) is 21.0 Å². The Hall–Kier alpha value is -1.61. The molecule has 0 spiro atoms. The Kier molecular flexibility index (Phi) is 4.72. The third kappa shape index (κ3) is 4.23. The molecule has 1 aromatic carbocycles. The van der Waals surface area contributed by atoms with E-state index in [0.29, 0.717) is 6.42 Å². The van der Waals surface area contributed by atoms with Gasteiger partial charge in [-0.3, -0.25) is 4.55 Å². The van der Waals surface area contributed by atoms with Gasteiger partial charge in [-0.1, -0.05) is 62.0 Å². The summed E-state index contributed by atoms with van der Waals surface area (Å²) in [5.74, 6) is 3.41. The summed E-state index contributed by atoms with van der Waals surface area (Å²) in [6.45, 7) is 8.57. The van der Waals surface area contributed by atoms with Gasteiger partial charge in [0, 0.05) is 0 Å². The Morgan fingerprint density at radius 2 is 1.87 bits per heavy atom. The van der Waals surface area contributed by atoms with Gasteiger partial charge in [0.2, 0.25) is 0 Å². The standard InChI is InChI=1S/C18H22O3SSi/c1-15-7-5-6-8-17(15)18(13-14-23(2,3)4)11-9-16(10-12-18)22(19,20)21/h5-11H,12H2,1-4H3,(H,19,20,21). The van der Waals surface area contributed by atoms with Crippen LogP contribution in [0, 0.1) is 18.4 Å². The van der Waals surface area contributed by atoms with Crippen molar-refractivity contribution in [3.8, 4) is 11.5 Å². The zero-order valence-corrected chi connectivity index (χ0v) is 15.7. The highest BCUT2D eigenvalue weighted by molar-refractivity contribution is 7.90. The lowest BCUT2D eigenvalue weighted by Crippen LogP contribution is -2.27. The van der Waals surface area contributed by atoms with Gasteiger partial charge in [-0.05, 0) is 30.5 Å². The van der Waals surface area contributed by atoms with Gasteiger partial charge in [-0.2, -0.15) is 8.42 Å². The number of allylic oxidation sites excluding steroid dienone is 3. The fraction of sp³-hybridized carbons (Fsp3) is 0.333. The molecule has 1 atom stereocenters. The molecule has 1 N–H and O–H groups in total. The lowest BCUT2D eigenvalue weighted by molar-refractivity contribution is 0.491. The largest absolute Gasteiger partial charge is 0.294 e. The molecule has 5 heteroatoms. The van der Waals surface area contributed by atoms with Crippen LogP contribution < -0.4 is 0 Å². The van der Waals surface area contributed by atoms with E-state index in [1.54, 1.807) is 6.08 Å². The molecule has 0 saturated carbocycles. The van der Waals surface area contributed by atoms with Gasteiger partial charge in [0.25, 0.3) is 10.1 Å². The minimum absolute atomic E-state index is 0.0588. The van der Waals surface area contributed by atoms with Gasteiger partial charge in [-0.25, -0.2) is 0 Å². The zero-order valence-electron chi connectivity index (χ0n) is 13.9. The second kappa shape index (κ2) is 6.12.